The van der Waals surface area contributed by atoms with Crippen molar-refractivity contribution in [1.29, 1.82) is 0 Å². The van der Waals surface area contributed by atoms with Crippen LogP contribution in [0.25, 0.3) is 0 Å². The van der Waals surface area contributed by atoms with Gasteiger partial charge < -0.3 is 14.9 Å². The van der Waals surface area contributed by atoms with Crippen LogP contribution in [-0.2, 0) is 13.1 Å². The Kier molecular flexibility index (Phi) is 4.98. The van der Waals surface area contributed by atoms with Crippen molar-refractivity contribution in [2.24, 2.45) is 5.73 Å². The molecule has 1 heterocycles. The molecule has 0 amide bonds. The van der Waals surface area contributed by atoms with Crippen LogP contribution in [0.2, 0.25) is 0 Å². The van der Waals surface area contributed by atoms with E-state index in [0.29, 0.717) is 10.7 Å². The zero-order valence-electron chi connectivity index (χ0n) is 12.6. The van der Waals surface area contributed by atoms with E-state index < -0.39 is 0 Å². The van der Waals surface area contributed by atoms with Gasteiger partial charge in [-0.25, -0.2) is 0 Å². The average molecular weight is 304 g/mol. The van der Waals surface area contributed by atoms with Gasteiger partial charge in [-0.2, -0.15) is 0 Å². The third-order valence-electron chi connectivity index (χ3n) is 3.21. The van der Waals surface area contributed by atoms with E-state index in [1.54, 1.807) is 7.11 Å². The molecule has 5 heteroatoms. The summed E-state index contributed by atoms with van der Waals surface area (Å²) in [5.41, 5.74) is 7.58. The van der Waals surface area contributed by atoms with Crippen LogP contribution in [0.1, 0.15) is 22.6 Å². The molecule has 0 aliphatic heterocycles. The monoisotopic (exact) mass is 304 g/mol. The van der Waals surface area contributed by atoms with E-state index in [2.05, 4.69) is 4.90 Å². The molecule has 2 aromatic rings. The van der Waals surface area contributed by atoms with Crippen molar-refractivity contribution in [3.63, 3.8) is 0 Å². The fraction of sp³-hybridized carbons (Fsp3) is 0.312. The summed E-state index contributed by atoms with van der Waals surface area (Å²) in [6.07, 6.45) is 0. The van der Waals surface area contributed by atoms with Crippen molar-refractivity contribution in [3.05, 3.63) is 53.0 Å². The molecule has 2 N–H and O–H groups in total. The smallest absolute Gasteiger partial charge is 0.129 e. The molecule has 0 atom stereocenters. The van der Waals surface area contributed by atoms with Crippen LogP contribution in [0.5, 0.6) is 5.75 Å². The van der Waals surface area contributed by atoms with E-state index in [-0.39, 0.29) is 0 Å². The first-order valence-electron chi connectivity index (χ1n) is 6.70. The van der Waals surface area contributed by atoms with E-state index in [1.165, 1.54) is 0 Å². The van der Waals surface area contributed by atoms with Crippen molar-refractivity contribution < 1.29 is 9.15 Å². The third-order valence-corrected chi connectivity index (χ3v) is 3.43. The minimum Gasteiger partial charge on any atom is -0.496 e. The highest BCUT2D eigenvalue weighted by Crippen LogP contribution is 2.21. The van der Waals surface area contributed by atoms with Crippen molar-refractivity contribution in [2.45, 2.75) is 20.0 Å². The predicted molar refractivity (Wildman–Crippen MR) is 87.5 cm³/mol. The van der Waals surface area contributed by atoms with Gasteiger partial charge in [-0.15, -0.1) is 0 Å². The molecule has 0 aliphatic rings. The van der Waals surface area contributed by atoms with Crippen LogP contribution < -0.4 is 10.5 Å². The number of hydrogen-bond acceptors (Lipinski definition) is 4. The van der Waals surface area contributed by atoms with Crippen LogP contribution in [-0.4, -0.2) is 24.0 Å². The maximum Gasteiger partial charge on any atom is 0.129 e. The Morgan fingerprint density at radius 3 is 2.62 bits per heavy atom. The van der Waals surface area contributed by atoms with Gasteiger partial charge in [-0.1, -0.05) is 18.3 Å². The Bertz CT molecular complexity index is 637. The average Bonchev–Trinajstić information content (AvgIpc) is 2.83. The lowest BCUT2D eigenvalue weighted by atomic mass is 10.1. The fourth-order valence-corrected chi connectivity index (χ4v) is 2.41. The Morgan fingerprint density at radius 2 is 2.05 bits per heavy atom. The summed E-state index contributed by atoms with van der Waals surface area (Å²) >= 11 is 5.01. The molecule has 4 nitrogen and oxygen atoms in total. The lowest BCUT2D eigenvalue weighted by Gasteiger charge is -2.16. The molecule has 0 saturated heterocycles. The lowest BCUT2D eigenvalue weighted by Crippen LogP contribution is -2.17. The largest absolute Gasteiger partial charge is 0.496 e. The maximum atomic E-state index is 5.67. The van der Waals surface area contributed by atoms with Gasteiger partial charge in [0.15, 0.2) is 0 Å². The molecule has 1 aromatic heterocycles. The number of hydrogen-bond donors (Lipinski definition) is 1. The summed E-state index contributed by atoms with van der Waals surface area (Å²) in [7, 11) is 3.67. The summed E-state index contributed by atoms with van der Waals surface area (Å²) in [6.45, 7) is 3.49. The number of benzene rings is 1. The Morgan fingerprint density at radius 1 is 1.29 bits per heavy atom. The van der Waals surface area contributed by atoms with Gasteiger partial charge in [0.1, 0.15) is 22.3 Å². The van der Waals surface area contributed by atoms with Gasteiger partial charge in [-0.3, -0.25) is 4.90 Å². The molecule has 0 fully saturated rings. The van der Waals surface area contributed by atoms with Crippen molar-refractivity contribution in [1.82, 2.24) is 4.90 Å². The lowest BCUT2D eigenvalue weighted by molar-refractivity contribution is 0.285. The van der Waals surface area contributed by atoms with Crippen LogP contribution in [0, 0.1) is 6.92 Å². The Balaban J connectivity index is 2.06. The molecule has 0 saturated carbocycles. The minimum atomic E-state index is 0.345. The van der Waals surface area contributed by atoms with E-state index in [9.17, 15) is 0 Å². The number of thiocarbonyl (C=S) groups is 1. The van der Waals surface area contributed by atoms with Crippen LogP contribution >= 0.6 is 12.2 Å². The van der Waals surface area contributed by atoms with Crippen molar-refractivity contribution in [3.8, 4) is 5.75 Å². The van der Waals surface area contributed by atoms with Crippen LogP contribution in [0.4, 0.5) is 0 Å². The predicted octanol–water partition coefficient (Wildman–Crippen LogP) is 2.86. The maximum absolute atomic E-state index is 5.67. The van der Waals surface area contributed by atoms with E-state index in [0.717, 1.165) is 35.7 Å². The molecular formula is C16H20N2O2S. The third kappa shape index (κ3) is 4.06. The number of furan rings is 1. The van der Waals surface area contributed by atoms with E-state index in [4.69, 9.17) is 27.1 Å². The summed E-state index contributed by atoms with van der Waals surface area (Å²) in [6, 6.07) is 9.87. The number of ether oxygens (including phenoxy) is 1. The normalized spacial score (nSPS) is 10.9. The Hall–Kier alpha value is -1.85. The topological polar surface area (TPSA) is 51.6 Å². The van der Waals surface area contributed by atoms with Gasteiger partial charge >= 0.3 is 0 Å². The van der Waals surface area contributed by atoms with Gasteiger partial charge in [0.25, 0.3) is 0 Å². The van der Waals surface area contributed by atoms with Crippen molar-refractivity contribution >= 4 is 17.2 Å². The second-order valence-corrected chi connectivity index (χ2v) is 5.52. The highest BCUT2D eigenvalue weighted by Gasteiger charge is 2.09. The van der Waals surface area contributed by atoms with Crippen LogP contribution in [0.15, 0.2) is 34.7 Å². The van der Waals surface area contributed by atoms with Crippen molar-refractivity contribution in [2.75, 3.05) is 14.2 Å². The first-order valence-corrected chi connectivity index (χ1v) is 7.11. The molecule has 0 aliphatic carbocycles. The van der Waals surface area contributed by atoms with E-state index >= 15 is 0 Å². The second kappa shape index (κ2) is 6.74. The zero-order chi connectivity index (χ0) is 15.4. The standard InChI is InChI=1S/C16H20N2O2S/c1-11-4-6-13(20-11)10-18(2)9-12-5-7-14(16(17)21)15(8-12)19-3/h4-8H,9-10H2,1-3H3,(H2,17,21). The summed E-state index contributed by atoms with van der Waals surface area (Å²) < 4.78 is 10.9. The second-order valence-electron chi connectivity index (χ2n) is 5.08. The summed E-state index contributed by atoms with van der Waals surface area (Å²) in [5.74, 6) is 2.60. The molecule has 0 bridgehead atoms. The number of methoxy groups -OCH3 is 1. The Labute approximate surface area is 130 Å². The number of nitrogens with zero attached hydrogens (tertiary/aromatic N) is 1. The van der Waals surface area contributed by atoms with Gasteiger partial charge in [0, 0.05) is 6.54 Å². The first-order chi connectivity index (χ1) is 9.99. The molecule has 21 heavy (non-hydrogen) atoms. The SMILES string of the molecule is COc1cc(CN(C)Cc2ccc(C)o2)ccc1C(N)=S. The highest BCUT2D eigenvalue weighted by molar-refractivity contribution is 7.80. The minimum absolute atomic E-state index is 0.345. The number of aryl methyl sites for hydroxylation is 1. The molecule has 0 radical (unpaired) electrons. The molecule has 2 rings (SSSR count). The highest BCUT2D eigenvalue weighted by atomic mass is 32.1. The number of rotatable bonds is 6. The summed E-state index contributed by atoms with van der Waals surface area (Å²) in [4.78, 5) is 2.52. The quantitative estimate of drug-likeness (QED) is 0.832. The van der Waals surface area contributed by atoms with Gasteiger partial charge in [0.05, 0.1) is 19.2 Å². The summed E-state index contributed by atoms with van der Waals surface area (Å²) in [5, 5.41) is 0. The molecule has 0 spiro atoms. The van der Waals surface area contributed by atoms with Crippen LogP contribution in [0.3, 0.4) is 0 Å². The van der Waals surface area contributed by atoms with E-state index in [1.807, 2.05) is 44.3 Å². The molecule has 112 valence electrons. The first kappa shape index (κ1) is 15.5. The molecule has 1 aromatic carbocycles. The zero-order valence-corrected chi connectivity index (χ0v) is 13.4. The van der Waals surface area contributed by atoms with Gasteiger partial charge in [0.2, 0.25) is 0 Å². The molecular weight excluding hydrogens is 284 g/mol. The fourth-order valence-electron chi connectivity index (χ4n) is 2.24. The number of nitrogens with two attached hydrogens (primary N) is 1. The van der Waals surface area contributed by atoms with Gasteiger partial charge in [-0.05, 0) is 43.8 Å². The molecule has 0 unspecified atom stereocenters.